The van der Waals surface area contributed by atoms with Crippen LogP contribution in [-0.4, -0.2) is 27.9 Å². The largest absolute Gasteiger partial charge is 0.457 e. The van der Waals surface area contributed by atoms with Crippen molar-refractivity contribution in [1.29, 1.82) is 0 Å². The van der Waals surface area contributed by atoms with Crippen LogP contribution in [0.1, 0.15) is 30.0 Å². The average molecular weight is 506 g/mol. The maximum atomic E-state index is 13.4. The molecule has 6 rings (SSSR count). The van der Waals surface area contributed by atoms with Crippen LogP contribution in [0.3, 0.4) is 0 Å². The van der Waals surface area contributed by atoms with Crippen LogP contribution in [0.25, 0.3) is 34.3 Å². The lowest BCUT2D eigenvalue weighted by molar-refractivity contribution is 0.355. The minimum Gasteiger partial charge on any atom is -0.457 e. The Morgan fingerprint density at radius 1 is 0.947 bits per heavy atom. The van der Waals surface area contributed by atoms with Gasteiger partial charge in [-0.15, -0.1) is 0 Å². The predicted octanol–water partition coefficient (Wildman–Crippen LogP) is 6.71. The fourth-order valence-corrected chi connectivity index (χ4v) is 4.91. The van der Waals surface area contributed by atoms with E-state index in [4.69, 9.17) is 15.6 Å². The van der Waals surface area contributed by atoms with Crippen LogP contribution < -0.4 is 15.8 Å². The number of nitrogens with two attached hydrogens (primary N) is 1. The Morgan fingerprint density at radius 2 is 1.71 bits per heavy atom. The molecule has 1 aliphatic rings. The van der Waals surface area contributed by atoms with Gasteiger partial charge in [0.15, 0.2) is 0 Å². The quantitative estimate of drug-likeness (QED) is 0.268. The van der Waals surface area contributed by atoms with Crippen LogP contribution in [-0.2, 0) is 0 Å². The molecule has 0 bridgehead atoms. The first kappa shape index (κ1) is 23.9. The number of aromatic nitrogens is 3. The zero-order valence-corrected chi connectivity index (χ0v) is 20.8. The van der Waals surface area contributed by atoms with Gasteiger partial charge in [-0.2, -0.15) is 5.10 Å². The van der Waals surface area contributed by atoms with Crippen molar-refractivity contribution in [2.45, 2.75) is 18.9 Å². The zero-order valence-electron chi connectivity index (χ0n) is 20.8. The number of benzene rings is 3. The average Bonchev–Trinajstić information content (AvgIpc) is 3.37. The summed E-state index contributed by atoms with van der Waals surface area (Å²) in [6.45, 7) is 1.84. The van der Waals surface area contributed by atoms with Gasteiger partial charge in [0.05, 0.1) is 16.9 Å². The molecule has 0 spiro atoms. The van der Waals surface area contributed by atoms with Crippen molar-refractivity contribution in [3.05, 3.63) is 102 Å². The molecule has 1 fully saturated rings. The number of nitrogen functional groups attached to an aromatic ring is 1. The highest BCUT2D eigenvalue weighted by Gasteiger charge is 2.24. The van der Waals surface area contributed by atoms with Crippen LogP contribution in [0.2, 0.25) is 0 Å². The van der Waals surface area contributed by atoms with E-state index in [2.05, 4.69) is 15.0 Å². The summed E-state index contributed by atoms with van der Waals surface area (Å²) < 4.78 is 21.5. The molecule has 38 heavy (non-hydrogen) atoms. The maximum Gasteiger partial charge on any atom is 0.135 e. The molecular weight excluding hydrogens is 477 g/mol. The lowest BCUT2D eigenvalue weighted by Crippen LogP contribution is -2.32. The minimum absolute atomic E-state index is 0.195. The van der Waals surface area contributed by atoms with Crippen molar-refractivity contribution in [3.63, 3.8) is 0 Å². The van der Waals surface area contributed by atoms with Crippen molar-refractivity contribution >= 4 is 28.9 Å². The number of nitrogens with zero attached hydrogens (tertiary/aromatic N) is 3. The van der Waals surface area contributed by atoms with Crippen LogP contribution in [0.15, 0.2) is 85.1 Å². The molecule has 190 valence electrons. The third-order valence-electron chi connectivity index (χ3n) is 6.83. The molecule has 5 aromatic rings. The normalized spacial score (nSPS) is 15.8. The second-order valence-electron chi connectivity index (χ2n) is 9.44. The molecule has 1 aliphatic heterocycles. The Kier molecular flexibility index (Phi) is 6.58. The monoisotopic (exact) mass is 505 g/mol. The standard InChI is InChI=1S/C31H28FN5O/c32-24-14-9-21(10-15-24)8-11-23-19-35-31(33)28-29(36-37(30(23)28)25-5-4-18-34-20-25)22-12-16-27(17-13-22)38-26-6-2-1-3-7-26/h1-3,6-17,19,25,34H,4-5,18,20H2,(H2,33,35)/b11-8+. The number of pyridine rings is 1. The number of fused-ring (bicyclic) bond motifs is 1. The molecule has 0 amide bonds. The number of rotatable bonds is 6. The number of halogens is 1. The van der Waals surface area contributed by atoms with E-state index in [0.29, 0.717) is 5.82 Å². The van der Waals surface area contributed by atoms with Crippen molar-refractivity contribution < 1.29 is 9.13 Å². The lowest BCUT2D eigenvalue weighted by atomic mass is 10.0. The van der Waals surface area contributed by atoms with E-state index in [1.54, 1.807) is 18.3 Å². The summed E-state index contributed by atoms with van der Waals surface area (Å²) in [5, 5.41) is 9.44. The van der Waals surface area contributed by atoms with Gasteiger partial charge in [-0.25, -0.2) is 9.37 Å². The third-order valence-corrected chi connectivity index (χ3v) is 6.83. The van der Waals surface area contributed by atoms with E-state index >= 15 is 0 Å². The number of para-hydroxylation sites is 1. The lowest BCUT2D eigenvalue weighted by Gasteiger charge is -2.24. The molecule has 0 aliphatic carbocycles. The van der Waals surface area contributed by atoms with Gasteiger partial charge in [0.25, 0.3) is 0 Å². The van der Waals surface area contributed by atoms with Gasteiger partial charge >= 0.3 is 0 Å². The maximum absolute atomic E-state index is 13.4. The number of nitrogens with one attached hydrogen (secondary N) is 1. The topological polar surface area (TPSA) is 78.0 Å². The van der Waals surface area contributed by atoms with Crippen molar-refractivity contribution in [2.75, 3.05) is 18.8 Å². The second kappa shape index (κ2) is 10.5. The molecule has 0 saturated carbocycles. The molecule has 7 heteroatoms. The van der Waals surface area contributed by atoms with Gasteiger partial charge in [0.1, 0.15) is 28.8 Å². The van der Waals surface area contributed by atoms with E-state index in [1.807, 2.05) is 66.7 Å². The van der Waals surface area contributed by atoms with Crippen LogP contribution in [0, 0.1) is 5.82 Å². The molecule has 3 N–H and O–H groups in total. The summed E-state index contributed by atoms with van der Waals surface area (Å²) in [6, 6.07) is 24.2. The summed E-state index contributed by atoms with van der Waals surface area (Å²) in [6.07, 6.45) is 7.84. The number of ether oxygens (including phenoxy) is 1. The van der Waals surface area contributed by atoms with Gasteiger partial charge < -0.3 is 15.8 Å². The number of hydrogen-bond donors (Lipinski definition) is 2. The van der Waals surface area contributed by atoms with E-state index in [-0.39, 0.29) is 11.9 Å². The Bertz CT molecular complexity index is 1570. The van der Waals surface area contributed by atoms with Crippen LogP contribution in [0.4, 0.5) is 10.2 Å². The molecular formula is C31H28FN5O. The highest BCUT2D eigenvalue weighted by Crippen LogP contribution is 2.37. The van der Waals surface area contributed by atoms with Crippen molar-refractivity contribution in [3.8, 4) is 22.8 Å². The fraction of sp³-hybridized carbons (Fsp3) is 0.161. The van der Waals surface area contributed by atoms with Crippen LogP contribution in [0.5, 0.6) is 11.5 Å². The van der Waals surface area contributed by atoms with Gasteiger partial charge in [0.2, 0.25) is 0 Å². The molecule has 3 aromatic carbocycles. The van der Waals surface area contributed by atoms with E-state index in [1.165, 1.54) is 12.1 Å². The fourth-order valence-electron chi connectivity index (χ4n) is 4.91. The van der Waals surface area contributed by atoms with Gasteiger partial charge in [-0.3, -0.25) is 4.68 Å². The molecule has 1 atom stereocenters. The molecule has 1 unspecified atom stereocenters. The summed E-state index contributed by atoms with van der Waals surface area (Å²) in [4.78, 5) is 4.52. The number of anilines is 1. The summed E-state index contributed by atoms with van der Waals surface area (Å²) in [5.74, 6) is 1.71. The van der Waals surface area contributed by atoms with E-state index in [9.17, 15) is 4.39 Å². The van der Waals surface area contributed by atoms with Crippen LogP contribution >= 0.6 is 0 Å². The van der Waals surface area contributed by atoms with Gasteiger partial charge in [-0.1, -0.05) is 42.5 Å². The minimum atomic E-state index is -0.258. The molecule has 2 aromatic heterocycles. The van der Waals surface area contributed by atoms with Gasteiger partial charge in [0, 0.05) is 23.9 Å². The highest BCUT2D eigenvalue weighted by atomic mass is 19.1. The second-order valence-corrected chi connectivity index (χ2v) is 9.44. The molecule has 0 radical (unpaired) electrons. The van der Waals surface area contributed by atoms with Gasteiger partial charge in [-0.05, 0) is 73.5 Å². The van der Waals surface area contributed by atoms with E-state index < -0.39 is 0 Å². The Balaban J connectivity index is 1.43. The summed E-state index contributed by atoms with van der Waals surface area (Å²) in [7, 11) is 0. The first-order chi connectivity index (χ1) is 18.7. The van der Waals surface area contributed by atoms with E-state index in [0.717, 1.165) is 70.7 Å². The number of hydrogen-bond acceptors (Lipinski definition) is 5. The highest BCUT2D eigenvalue weighted by molar-refractivity contribution is 6.04. The molecule has 1 saturated heterocycles. The Morgan fingerprint density at radius 3 is 2.45 bits per heavy atom. The predicted molar refractivity (Wildman–Crippen MR) is 150 cm³/mol. The smallest absolute Gasteiger partial charge is 0.135 e. The molecule has 6 nitrogen and oxygen atoms in total. The summed E-state index contributed by atoms with van der Waals surface area (Å²) >= 11 is 0. The number of piperidine rings is 1. The Hall–Kier alpha value is -4.49. The van der Waals surface area contributed by atoms with Crippen molar-refractivity contribution in [1.82, 2.24) is 20.1 Å². The first-order valence-corrected chi connectivity index (χ1v) is 12.8. The zero-order chi connectivity index (χ0) is 25.9. The first-order valence-electron chi connectivity index (χ1n) is 12.8. The summed E-state index contributed by atoms with van der Waals surface area (Å²) in [5.41, 5.74) is 11.0. The van der Waals surface area contributed by atoms with Crippen molar-refractivity contribution in [2.24, 2.45) is 0 Å². The third kappa shape index (κ3) is 4.88. The SMILES string of the molecule is Nc1ncc(/C=C/c2ccc(F)cc2)c2c1c(-c1ccc(Oc3ccccc3)cc1)nn2C1CCCNC1. The Labute approximate surface area is 220 Å². The molecule has 3 heterocycles.